The molecule has 2 aliphatic heterocycles. The van der Waals surface area contributed by atoms with Crippen molar-refractivity contribution in [2.75, 3.05) is 39.4 Å². The largest absolute Gasteiger partial charge is 0.381 e. The maximum Gasteiger partial charge on any atom is 0.0469 e. The van der Waals surface area contributed by atoms with Gasteiger partial charge in [-0.25, -0.2) is 0 Å². The lowest BCUT2D eigenvalue weighted by Gasteiger charge is -2.35. The molecule has 0 aliphatic carbocycles. The summed E-state index contributed by atoms with van der Waals surface area (Å²) in [5.41, 5.74) is 0. The zero-order chi connectivity index (χ0) is 9.80. The van der Waals surface area contributed by atoms with Crippen molar-refractivity contribution < 1.29 is 4.74 Å². The highest BCUT2D eigenvalue weighted by molar-refractivity contribution is 4.77. The molecule has 0 bridgehead atoms. The lowest BCUT2D eigenvalue weighted by atomic mass is 9.99. The Labute approximate surface area is 86.8 Å². The van der Waals surface area contributed by atoms with Gasteiger partial charge in [0.1, 0.15) is 0 Å². The van der Waals surface area contributed by atoms with Crippen LogP contribution in [0.4, 0.5) is 0 Å². The zero-order valence-electron chi connectivity index (χ0n) is 9.17. The Morgan fingerprint density at radius 3 is 2.86 bits per heavy atom. The predicted octanol–water partition coefficient (Wildman–Crippen LogP) is 0.707. The third-order valence-electron chi connectivity index (χ3n) is 3.31. The first-order valence-electron chi connectivity index (χ1n) is 5.88. The summed E-state index contributed by atoms with van der Waals surface area (Å²) < 4.78 is 5.38. The first-order valence-corrected chi connectivity index (χ1v) is 5.88. The van der Waals surface area contributed by atoms with Gasteiger partial charge in [-0.15, -0.1) is 0 Å². The summed E-state index contributed by atoms with van der Waals surface area (Å²) in [5.74, 6) is 0.883. The molecule has 2 aliphatic rings. The molecular weight excluding hydrogens is 176 g/mol. The van der Waals surface area contributed by atoms with Gasteiger partial charge in [0, 0.05) is 45.4 Å². The molecule has 0 aromatic rings. The summed E-state index contributed by atoms with van der Waals surface area (Å²) in [6.45, 7) is 9.12. The number of rotatable bonds is 2. The van der Waals surface area contributed by atoms with Crippen molar-refractivity contribution in [3.63, 3.8) is 0 Å². The van der Waals surface area contributed by atoms with E-state index in [1.165, 1.54) is 32.5 Å². The summed E-state index contributed by atoms with van der Waals surface area (Å²) in [5, 5.41) is 3.48. The summed E-state index contributed by atoms with van der Waals surface area (Å²) >= 11 is 0. The summed E-state index contributed by atoms with van der Waals surface area (Å²) in [6.07, 6.45) is 2.52. The van der Waals surface area contributed by atoms with Crippen LogP contribution in [0.3, 0.4) is 0 Å². The van der Waals surface area contributed by atoms with Crippen LogP contribution in [0.2, 0.25) is 0 Å². The SMILES string of the molecule is CC1CN(CC2CCOCC2)CCN1. The van der Waals surface area contributed by atoms with Crippen molar-refractivity contribution in [3.05, 3.63) is 0 Å². The molecule has 1 atom stereocenters. The molecule has 0 aromatic heterocycles. The topological polar surface area (TPSA) is 24.5 Å². The van der Waals surface area contributed by atoms with Gasteiger partial charge in [-0.3, -0.25) is 0 Å². The molecule has 1 N–H and O–H groups in total. The molecule has 14 heavy (non-hydrogen) atoms. The molecular formula is C11H22N2O. The summed E-state index contributed by atoms with van der Waals surface area (Å²) in [7, 11) is 0. The van der Waals surface area contributed by atoms with Gasteiger partial charge in [-0.05, 0) is 25.7 Å². The quantitative estimate of drug-likeness (QED) is 0.707. The first-order chi connectivity index (χ1) is 6.84. The van der Waals surface area contributed by atoms with Crippen LogP contribution in [0.25, 0.3) is 0 Å². The Kier molecular flexibility index (Phi) is 3.79. The van der Waals surface area contributed by atoms with Crippen molar-refractivity contribution in [3.8, 4) is 0 Å². The third kappa shape index (κ3) is 2.94. The van der Waals surface area contributed by atoms with Crippen LogP contribution >= 0.6 is 0 Å². The second kappa shape index (κ2) is 5.10. The van der Waals surface area contributed by atoms with Gasteiger partial charge < -0.3 is 15.0 Å². The van der Waals surface area contributed by atoms with E-state index in [2.05, 4.69) is 17.1 Å². The molecule has 0 amide bonds. The van der Waals surface area contributed by atoms with E-state index in [0.29, 0.717) is 6.04 Å². The van der Waals surface area contributed by atoms with Crippen LogP contribution in [-0.2, 0) is 4.74 Å². The molecule has 2 saturated heterocycles. The number of ether oxygens (including phenoxy) is 1. The van der Waals surface area contributed by atoms with E-state index in [1.807, 2.05) is 0 Å². The monoisotopic (exact) mass is 198 g/mol. The highest BCUT2D eigenvalue weighted by Gasteiger charge is 2.20. The fraction of sp³-hybridized carbons (Fsp3) is 1.00. The Morgan fingerprint density at radius 2 is 2.14 bits per heavy atom. The van der Waals surface area contributed by atoms with Gasteiger partial charge in [0.05, 0.1) is 0 Å². The summed E-state index contributed by atoms with van der Waals surface area (Å²) in [4.78, 5) is 2.61. The average molecular weight is 198 g/mol. The fourth-order valence-corrected chi connectivity index (χ4v) is 2.47. The highest BCUT2D eigenvalue weighted by atomic mass is 16.5. The van der Waals surface area contributed by atoms with Gasteiger partial charge in [0.2, 0.25) is 0 Å². The van der Waals surface area contributed by atoms with E-state index in [4.69, 9.17) is 4.74 Å². The normalized spacial score (nSPS) is 31.9. The van der Waals surface area contributed by atoms with Crippen molar-refractivity contribution in [2.45, 2.75) is 25.8 Å². The minimum Gasteiger partial charge on any atom is -0.381 e. The van der Waals surface area contributed by atoms with Crippen LogP contribution < -0.4 is 5.32 Å². The van der Waals surface area contributed by atoms with Gasteiger partial charge in [0.15, 0.2) is 0 Å². The van der Waals surface area contributed by atoms with Crippen LogP contribution in [0.15, 0.2) is 0 Å². The Bertz CT molecular complexity index is 169. The van der Waals surface area contributed by atoms with Crippen molar-refractivity contribution in [1.29, 1.82) is 0 Å². The molecule has 3 heteroatoms. The maximum absolute atomic E-state index is 5.38. The highest BCUT2D eigenvalue weighted by Crippen LogP contribution is 2.16. The van der Waals surface area contributed by atoms with Crippen LogP contribution in [0.1, 0.15) is 19.8 Å². The van der Waals surface area contributed by atoms with Gasteiger partial charge >= 0.3 is 0 Å². The van der Waals surface area contributed by atoms with E-state index in [0.717, 1.165) is 25.7 Å². The van der Waals surface area contributed by atoms with Crippen LogP contribution in [0, 0.1) is 5.92 Å². The Hall–Kier alpha value is -0.120. The number of nitrogens with one attached hydrogen (secondary N) is 1. The molecule has 0 spiro atoms. The Balaban J connectivity index is 1.72. The van der Waals surface area contributed by atoms with Gasteiger partial charge in [0.25, 0.3) is 0 Å². The molecule has 2 rings (SSSR count). The van der Waals surface area contributed by atoms with Crippen molar-refractivity contribution in [1.82, 2.24) is 10.2 Å². The molecule has 3 nitrogen and oxygen atoms in total. The minimum atomic E-state index is 0.670. The van der Waals surface area contributed by atoms with Gasteiger partial charge in [-0.1, -0.05) is 0 Å². The van der Waals surface area contributed by atoms with E-state index >= 15 is 0 Å². The fourth-order valence-electron chi connectivity index (χ4n) is 2.47. The summed E-state index contributed by atoms with van der Waals surface area (Å²) in [6, 6.07) is 0.670. The number of nitrogens with zero attached hydrogens (tertiary/aromatic N) is 1. The predicted molar refractivity (Wildman–Crippen MR) is 57.4 cm³/mol. The zero-order valence-corrected chi connectivity index (χ0v) is 9.17. The van der Waals surface area contributed by atoms with Crippen molar-refractivity contribution in [2.24, 2.45) is 5.92 Å². The molecule has 1 unspecified atom stereocenters. The second-order valence-electron chi connectivity index (χ2n) is 4.67. The van der Waals surface area contributed by atoms with E-state index < -0.39 is 0 Å². The first kappa shape index (κ1) is 10.4. The lowest BCUT2D eigenvalue weighted by molar-refractivity contribution is 0.0486. The average Bonchev–Trinajstić information content (AvgIpc) is 2.19. The van der Waals surface area contributed by atoms with E-state index in [9.17, 15) is 0 Å². The maximum atomic E-state index is 5.38. The van der Waals surface area contributed by atoms with Gasteiger partial charge in [-0.2, -0.15) is 0 Å². The van der Waals surface area contributed by atoms with E-state index in [1.54, 1.807) is 0 Å². The number of hydrogen-bond acceptors (Lipinski definition) is 3. The number of hydrogen-bond donors (Lipinski definition) is 1. The second-order valence-corrected chi connectivity index (χ2v) is 4.67. The molecule has 2 heterocycles. The number of piperazine rings is 1. The van der Waals surface area contributed by atoms with Crippen LogP contribution in [0.5, 0.6) is 0 Å². The molecule has 0 radical (unpaired) electrons. The Morgan fingerprint density at radius 1 is 1.36 bits per heavy atom. The molecule has 82 valence electrons. The minimum absolute atomic E-state index is 0.670. The van der Waals surface area contributed by atoms with Crippen molar-refractivity contribution >= 4 is 0 Å². The lowest BCUT2D eigenvalue weighted by Crippen LogP contribution is -2.50. The molecule has 2 fully saturated rings. The molecule has 0 saturated carbocycles. The van der Waals surface area contributed by atoms with Crippen LogP contribution in [-0.4, -0.2) is 50.3 Å². The third-order valence-corrected chi connectivity index (χ3v) is 3.31. The van der Waals surface area contributed by atoms with E-state index in [-0.39, 0.29) is 0 Å². The molecule has 0 aromatic carbocycles. The standard InChI is InChI=1S/C11H22N2O/c1-10-8-13(5-4-12-10)9-11-2-6-14-7-3-11/h10-12H,2-9H2,1H3. The smallest absolute Gasteiger partial charge is 0.0469 e.